The third kappa shape index (κ3) is 7.31. The first kappa shape index (κ1) is 15.3. The second-order valence-electron chi connectivity index (χ2n) is 4.31. The monoisotopic (exact) mass is 265 g/mol. The molecule has 4 N–H and O–H groups in total. The van der Waals surface area contributed by atoms with Gasteiger partial charge in [0.1, 0.15) is 5.75 Å². The van der Waals surface area contributed by atoms with E-state index in [-0.39, 0.29) is 0 Å². The molecule has 0 heterocycles. The number of hydrogen-bond donors (Lipinski definition) is 3. The van der Waals surface area contributed by atoms with Gasteiger partial charge in [0.05, 0.1) is 6.61 Å². The maximum absolute atomic E-state index is 10.4. The van der Waals surface area contributed by atoms with Crippen molar-refractivity contribution in [1.82, 2.24) is 10.6 Å². The van der Waals surface area contributed by atoms with Gasteiger partial charge in [-0.3, -0.25) is 0 Å². The summed E-state index contributed by atoms with van der Waals surface area (Å²) in [6.07, 6.45) is 2.22. The number of nitrogens with one attached hydrogen (secondary N) is 2. The molecule has 0 unspecified atom stereocenters. The molecular formula is C14H23N3O2. The van der Waals surface area contributed by atoms with Gasteiger partial charge in [0.25, 0.3) is 0 Å². The minimum atomic E-state index is -0.490. The SMILES string of the molecule is CCCCOc1ccc(CNCCNC(N)=O)cc1. The van der Waals surface area contributed by atoms with Crippen LogP contribution in [0.4, 0.5) is 4.79 Å². The van der Waals surface area contributed by atoms with Crippen LogP contribution in [0, 0.1) is 0 Å². The third-order valence-corrected chi connectivity index (χ3v) is 2.62. The van der Waals surface area contributed by atoms with Crippen LogP contribution in [0.3, 0.4) is 0 Å². The normalized spacial score (nSPS) is 10.2. The number of amides is 2. The lowest BCUT2D eigenvalue weighted by molar-refractivity contribution is 0.249. The molecular weight excluding hydrogens is 242 g/mol. The van der Waals surface area contributed by atoms with E-state index in [1.807, 2.05) is 24.3 Å². The summed E-state index contributed by atoms with van der Waals surface area (Å²) in [5.41, 5.74) is 6.14. The van der Waals surface area contributed by atoms with Gasteiger partial charge in [-0.25, -0.2) is 4.79 Å². The number of unbranched alkanes of at least 4 members (excludes halogenated alkanes) is 1. The van der Waals surface area contributed by atoms with Crippen molar-refractivity contribution >= 4 is 6.03 Å². The maximum Gasteiger partial charge on any atom is 0.312 e. The Morgan fingerprint density at radius 3 is 2.63 bits per heavy atom. The fourth-order valence-electron chi connectivity index (χ4n) is 1.54. The molecule has 1 aromatic rings. The lowest BCUT2D eigenvalue weighted by Crippen LogP contribution is -2.35. The van der Waals surface area contributed by atoms with E-state index in [2.05, 4.69) is 17.6 Å². The van der Waals surface area contributed by atoms with Crippen molar-refractivity contribution < 1.29 is 9.53 Å². The number of ether oxygens (including phenoxy) is 1. The molecule has 0 saturated carbocycles. The van der Waals surface area contributed by atoms with Crippen LogP contribution in [0.15, 0.2) is 24.3 Å². The molecule has 106 valence electrons. The smallest absolute Gasteiger partial charge is 0.312 e. The van der Waals surface area contributed by atoms with E-state index >= 15 is 0 Å². The van der Waals surface area contributed by atoms with Crippen molar-refractivity contribution in [3.05, 3.63) is 29.8 Å². The van der Waals surface area contributed by atoms with Crippen LogP contribution in [-0.4, -0.2) is 25.7 Å². The molecule has 2 amide bonds. The minimum Gasteiger partial charge on any atom is -0.494 e. The number of nitrogens with two attached hydrogens (primary N) is 1. The molecule has 0 spiro atoms. The minimum absolute atomic E-state index is 0.490. The van der Waals surface area contributed by atoms with E-state index in [0.717, 1.165) is 31.7 Å². The van der Waals surface area contributed by atoms with Gasteiger partial charge in [0, 0.05) is 19.6 Å². The Morgan fingerprint density at radius 1 is 1.26 bits per heavy atom. The highest BCUT2D eigenvalue weighted by Crippen LogP contribution is 2.12. The van der Waals surface area contributed by atoms with Gasteiger partial charge >= 0.3 is 6.03 Å². The summed E-state index contributed by atoms with van der Waals surface area (Å²) in [5.74, 6) is 0.910. The summed E-state index contributed by atoms with van der Waals surface area (Å²) in [5, 5.41) is 5.74. The Kier molecular flexibility index (Phi) is 7.43. The van der Waals surface area contributed by atoms with E-state index in [4.69, 9.17) is 10.5 Å². The Labute approximate surface area is 114 Å². The Balaban J connectivity index is 2.18. The highest BCUT2D eigenvalue weighted by molar-refractivity contribution is 5.71. The van der Waals surface area contributed by atoms with Crippen LogP contribution >= 0.6 is 0 Å². The maximum atomic E-state index is 10.4. The van der Waals surface area contributed by atoms with Gasteiger partial charge in [0.2, 0.25) is 0 Å². The lowest BCUT2D eigenvalue weighted by Gasteiger charge is -2.08. The second kappa shape index (κ2) is 9.22. The van der Waals surface area contributed by atoms with Crippen molar-refractivity contribution in [2.75, 3.05) is 19.7 Å². The molecule has 0 aliphatic carbocycles. The van der Waals surface area contributed by atoms with Crippen molar-refractivity contribution in [3.8, 4) is 5.75 Å². The summed E-state index contributed by atoms with van der Waals surface area (Å²) < 4.78 is 5.59. The first-order chi connectivity index (χ1) is 9.22. The molecule has 1 rings (SSSR count). The first-order valence-electron chi connectivity index (χ1n) is 6.68. The van der Waals surface area contributed by atoms with Crippen LogP contribution < -0.4 is 21.1 Å². The molecule has 19 heavy (non-hydrogen) atoms. The van der Waals surface area contributed by atoms with Crippen LogP contribution in [0.1, 0.15) is 25.3 Å². The average molecular weight is 265 g/mol. The van der Waals surface area contributed by atoms with Gasteiger partial charge in [-0.2, -0.15) is 0 Å². The van der Waals surface area contributed by atoms with Gasteiger partial charge in [-0.15, -0.1) is 0 Å². The molecule has 0 atom stereocenters. The molecule has 0 radical (unpaired) electrons. The molecule has 0 bridgehead atoms. The number of benzene rings is 1. The Hall–Kier alpha value is -1.75. The molecule has 0 aromatic heterocycles. The molecule has 1 aromatic carbocycles. The number of carbonyl (C=O) groups is 1. The van der Waals surface area contributed by atoms with Crippen LogP contribution in [0.25, 0.3) is 0 Å². The summed E-state index contributed by atoms with van der Waals surface area (Å²) in [6, 6.07) is 7.55. The van der Waals surface area contributed by atoms with Crippen molar-refractivity contribution in [3.63, 3.8) is 0 Å². The van der Waals surface area contributed by atoms with Crippen molar-refractivity contribution in [1.29, 1.82) is 0 Å². The number of hydrogen-bond acceptors (Lipinski definition) is 3. The molecule has 0 aliphatic heterocycles. The Bertz CT molecular complexity index is 365. The molecule has 0 fully saturated rings. The topological polar surface area (TPSA) is 76.4 Å². The highest BCUT2D eigenvalue weighted by Gasteiger charge is 1.96. The summed E-state index contributed by atoms with van der Waals surface area (Å²) >= 11 is 0. The van der Waals surface area contributed by atoms with E-state index in [0.29, 0.717) is 13.1 Å². The van der Waals surface area contributed by atoms with E-state index in [1.165, 1.54) is 5.56 Å². The van der Waals surface area contributed by atoms with Crippen LogP contribution in [-0.2, 0) is 6.54 Å². The largest absolute Gasteiger partial charge is 0.494 e. The number of rotatable bonds is 9. The molecule has 5 heteroatoms. The molecule has 5 nitrogen and oxygen atoms in total. The first-order valence-corrected chi connectivity index (χ1v) is 6.68. The fraction of sp³-hybridized carbons (Fsp3) is 0.500. The zero-order chi connectivity index (χ0) is 13.9. The van der Waals surface area contributed by atoms with Crippen molar-refractivity contribution in [2.45, 2.75) is 26.3 Å². The second-order valence-corrected chi connectivity index (χ2v) is 4.31. The predicted molar refractivity (Wildman–Crippen MR) is 76.1 cm³/mol. The average Bonchev–Trinajstić information content (AvgIpc) is 2.40. The van der Waals surface area contributed by atoms with Crippen LogP contribution in [0.5, 0.6) is 5.75 Å². The number of carbonyl (C=O) groups excluding carboxylic acids is 1. The quantitative estimate of drug-likeness (QED) is 0.594. The fourth-order valence-corrected chi connectivity index (χ4v) is 1.54. The van der Waals surface area contributed by atoms with Gasteiger partial charge in [0.15, 0.2) is 0 Å². The van der Waals surface area contributed by atoms with Crippen LogP contribution in [0.2, 0.25) is 0 Å². The van der Waals surface area contributed by atoms with E-state index in [1.54, 1.807) is 0 Å². The zero-order valence-corrected chi connectivity index (χ0v) is 11.4. The van der Waals surface area contributed by atoms with E-state index in [9.17, 15) is 4.79 Å². The summed E-state index contributed by atoms with van der Waals surface area (Å²) in [6.45, 7) is 4.90. The molecule has 0 aliphatic rings. The zero-order valence-electron chi connectivity index (χ0n) is 11.4. The molecule has 0 saturated heterocycles. The number of primary amides is 1. The highest BCUT2D eigenvalue weighted by atomic mass is 16.5. The van der Waals surface area contributed by atoms with Crippen molar-refractivity contribution in [2.24, 2.45) is 5.73 Å². The standard InChI is InChI=1S/C14H23N3O2/c1-2-3-10-19-13-6-4-12(5-7-13)11-16-8-9-17-14(15)18/h4-7,16H,2-3,8-11H2,1H3,(H3,15,17,18). The Morgan fingerprint density at radius 2 is 2.00 bits per heavy atom. The van der Waals surface area contributed by atoms with Gasteiger partial charge in [-0.05, 0) is 24.1 Å². The summed E-state index contributed by atoms with van der Waals surface area (Å²) in [4.78, 5) is 10.4. The predicted octanol–water partition coefficient (Wildman–Crippen LogP) is 1.62. The lowest BCUT2D eigenvalue weighted by atomic mass is 10.2. The van der Waals surface area contributed by atoms with Gasteiger partial charge < -0.3 is 21.1 Å². The van der Waals surface area contributed by atoms with Gasteiger partial charge in [-0.1, -0.05) is 25.5 Å². The summed E-state index contributed by atoms with van der Waals surface area (Å²) in [7, 11) is 0. The number of urea groups is 1. The third-order valence-electron chi connectivity index (χ3n) is 2.62. The van der Waals surface area contributed by atoms with E-state index < -0.39 is 6.03 Å².